The number of carbonyl (C=O) groups is 1. The van der Waals surface area contributed by atoms with Crippen molar-refractivity contribution in [2.24, 2.45) is 5.92 Å². The summed E-state index contributed by atoms with van der Waals surface area (Å²) in [6, 6.07) is 9.37. The summed E-state index contributed by atoms with van der Waals surface area (Å²) in [6.07, 6.45) is 5.48. The predicted octanol–water partition coefficient (Wildman–Crippen LogP) is 3.33. The van der Waals surface area contributed by atoms with E-state index in [2.05, 4.69) is 21.2 Å². The average molecular weight is 349 g/mol. The maximum absolute atomic E-state index is 12.0. The second-order valence-electron chi connectivity index (χ2n) is 5.46. The van der Waals surface area contributed by atoms with Gasteiger partial charge in [0.1, 0.15) is 6.54 Å². The van der Waals surface area contributed by atoms with Crippen LogP contribution < -0.4 is 5.32 Å². The molecule has 0 spiro atoms. The van der Waals surface area contributed by atoms with E-state index in [4.69, 9.17) is 0 Å². The zero-order valence-corrected chi connectivity index (χ0v) is 13.1. The van der Waals surface area contributed by atoms with Crippen molar-refractivity contribution in [1.29, 1.82) is 0 Å². The molecule has 1 heterocycles. The zero-order valence-electron chi connectivity index (χ0n) is 11.5. The highest BCUT2D eigenvalue weighted by molar-refractivity contribution is 9.10. The normalized spacial score (nSPS) is 15.7. The highest BCUT2D eigenvalue weighted by Gasteiger charge is 2.31. The van der Waals surface area contributed by atoms with Crippen molar-refractivity contribution in [2.75, 3.05) is 5.32 Å². The molecule has 1 fully saturated rings. The third-order valence-corrected chi connectivity index (χ3v) is 4.11. The number of hydrogen-bond donors (Lipinski definition) is 2. The number of benzene rings is 1. The Kier molecular flexibility index (Phi) is 4.12. The third kappa shape index (κ3) is 3.74. The number of hydrogen-bond acceptors (Lipinski definition) is 2. The van der Waals surface area contributed by atoms with Gasteiger partial charge < -0.3 is 15.0 Å². The minimum atomic E-state index is -0.389. The molecule has 1 amide bonds. The van der Waals surface area contributed by atoms with Crippen LogP contribution in [0.25, 0.3) is 0 Å². The smallest absolute Gasteiger partial charge is 0.244 e. The fourth-order valence-corrected chi connectivity index (χ4v) is 2.75. The Labute approximate surface area is 131 Å². The molecule has 1 saturated carbocycles. The molecule has 2 N–H and O–H groups in total. The quantitative estimate of drug-likeness (QED) is 0.870. The first-order valence-corrected chi connectivity index (χ1v) is 7.80. The van der Waals surface area contributed by atoms with Gasteiger partial charge in [-0.3, -0.25) is 4.79 Å². The fraction of sp³-hybridized carbons (Fsp3) is 0.312. The Bertz CT molecular complexity index is 649. The molecule has 1 unspecified atom stereocenters. The van der Waals surface area contributed by atoms with Gasteiger partial charge >= 0.3 is 0 Å². The van der Waals surface area contributed by atoms with Gasteiger partial charge in [-0.15, -0.1) is 0 Å². The number of nitrogens with zero attached hydrogens (tertiary/aromatic N) is 1. The van der Waals surface area contributed by atoms with Crippen molar-refractivity contribution < 1.29 is 9.90 Å². The van der Waals surface area contributed by atoms with E-state index in [1.807, 2.05) is 42.7 Å². The summed E-state index contributed by atoms with van der Waals surface area (Å²) in [5.74, 6) is 0.313. The molecule has 1 aromatic heterocycles. The number of rotatable bonds is 5. The predicted molar refractivity (Wildman–Crippen MR) is 84.9 cm³/mol. The Morgan fingerprint density at radius 3 is 2.95 bits per heavy atom. The van der Waals surface area contributed by atoms with Crippen LogP contribution in [-0.4, -0.2) is 15.6 Å². The fourth-order valence-electron chi connectivity index (χ4n) is 2.35. The van der Waals surface area contributed by atoms with Crippen LogP contribution in [0, 0.1) is 5.92 Å². The van der Waals surface area contributed by atoms with E-state index in [1.54, 1.807) is 4.57 Å². The summed E-state index contributed by atoms with van der Waals surface area (Å²) in [6.45, 7) is 0.240. The van der Waals surface area contributed by atoms with Crippen LogP contribution >= 0.6 is 15.9 Å². The van der Waals surface area contributed by atoms with Gasteiger partial charge in [-0.2, -0.15) is 0 Å². The van der Waals surface area contributed by atoms with Crippen LogP contribution in [0.3, 0.4) is 0 Å². The van der Waals surface area contributed by atoms with E-state index < -0.39 is 0 Å². The third-order valence-electron chi connectivity index (χ3n) is 3.62. The number of halogens is 1. The van der Waals surface area contributed by atoms with Gasteiger partial charge in [0, 0.05) is 22.6 Å². The molecule has 1 aliphatic carbocycles. The minimum Gasteiger partial charge on any atom is -0.388 e. The van der Waals surface area contributed by atoms with Crippen LogP contribution in [0.2, 0.25) is 0 Å². The van der Waals surface area contributed by atoms with Crippen LogP contribution in [0.5, 0.6) is 0 Å². The van der Waals surface area contributed by atoms with Crippen molar-refractivity contribution in [3.63, 3.8) is 0 Å². The molecule has 110 valence electrons. The SMILES string of the molecule is O=C(Cn1ccc(C(O)C2CC2)c1)Nc1cccc(Br)c1. The van der Waals surface area contributed by atoms with Crippen LogP contribution in [0.1, 0.15) is 24.5 Å². The lowest BCUT2D eigenvalue weighted by Crippen LogP contribution is -2.17. The molecule has 2 aromatic rings. The van der Waals surface area contributed by atoms with Crippen molar-refractivity contribution in [1.82, 2.24) is 4.57 Å². The van der Waals surface area contributed by atoms with E-state index >= 15 is 0 Å². The van der Waals surface area contributed by atoms with Gasteiger partial charge in [0.15, 0.2) is 0 Å². The number of carbonyl (C=O) groups excluding carboxylic acids is 1. The first-order valence-electron chi connectivity index (χ1n) is 7.01. The Morgan fingerprint density at radius 2 is 2.24 bits per heavy atom. The van der Waals surface area contributed by atoms with Gasteiger partial charge in [0.25, 0.3) is 0 Å². The number of amides is 1. The second kappa shape index (κ2) is 6.03. The summed E-state index contributed by atoms with van der Waals surface area (Å²) in [5.41, 5.74) is 1.66. The monoisotopic (exact) mass is 348 g/mol. The van der Waals surface area contributed by atoms with Gasteiger partial charge in [0.05, 0.1) is 6.10 Å². The summed E-state index contributed by atoms with van der Waals surface area (Å²) >= 11 is 3.37. The molecule has 0 saturated heterocycles. The topological polar surface area (TPSA) is 54.3 Å². The van der Waals surface area contributed by atoms with Crippen LogP contribution in [0.15, 0.2) is 47.2 Å². The first kappa shape index (κ1) is 14.4. The van der Waals surface area contributed by atoms with E-state index in [-0.39, 0.29) is 18.6 Å². The first-order chi connectivity index (χ1) is 10.1. The van der Waals surface area contributed by atoms with Gasteiger partial charge in [-0.05, 0) is 48.6 Å². The average Bonchev–Trinajstić information content (AvgIpc) is 3.18. The lowest BCUT2D eigenvalue weighted by atomic mass is 10.1. The van der Waals surface area contributed by atoms with Crippen molar-refractivity contribution >= 4 is 27.5 Å². The molecule has 1 atom stereocenters. The van der Waals surface area contributed by atoms with E-state index in [0.29, 0.717) is 5.92 Å². The minimum absolute atomic E-state index is 0.0869. The largest absolute Gasteiger partial charge is 0.388 e. The highest BCUT2D eigenvalue weighted by Crippen LogP contribution is 2.40. The molecule has 0 aliphatic heterocycles. The highest BCUT2D eigenvalue weighted by atomic mass is 79.9. The summed E-state index contributed by atoms with van der Waals surface area (Å²) in [4.78, 5) is 12.0. The van der Waals surface area contributed by atoms with Crippen LogP contribution in [-0.2, 0) is 11.3 Å². The Morgan fingerprint density at radius 1 is 1.43 bits per heavy atom. The molecular weight excluding hydrogens is 332 g/mol. The zero-order chi connectivity index (χ0) is 14.8. The van der Waals surface area contributed by atoms with Gasteiger partial charge in [-0.1, -0.05) is 22.0 Å². The van der Waals surface area contributed by atoms with Crippen molar-refractivity contribution in [2.45, 2.75) is 25.5 Å². The second-order valence-corrected chi connectivity index (χ2v) is 6.37. The molecule has 3 rings (SSSR count). The summed E-state index contributed by atoms with van der Waals surface area (Å²) in [5, 5.41) is 12.9. The lowest BCUT2D eigenvalue weighted by molar-refractivity contribution is -0.116. The molecule has 1 aliphatic rings. The molecule has 21 heavy (non-hydrogen) atoms. The number of nitrogens with one attached hydrogen (secondary N) is 1. The molecule has 1 aromatic carbocycles. The Balaban J connectivity index is 1.59. The summed E-state index contributed by atoms with van der Waals surface area (Å²) in [7, 11) is 0. The maximum Gasteiger partial charge on any atom is 0.244 e. The molecule has 5 heteroatoms. The summed E-state index contributed by atoms with van der Waals surface area (Å²) < 4.78 is 2.73. The van der Waals surface area contributed by atoms with Gasteiger partial charge in [-0.25, -0.2) is 0 Å². The van der Waals surface area contributed by atoms with Crippen molar-refractivity contribution in [3.8, 4) is 0 Å². The van der Waals surface area contributed by atoms with E-state index in [1.165, 1.54) is 0 Å². The van der Waals surface area contributed by atoms with E-state index in [9.17, 15) is 9.90 Å². The molecular formula is C16H17BrN2O2. The molecule has 0 radical (unpaired) electrons. The molecule has 0 bridgehead atoms. The number of aliphatic hydroxyl groups is 1. The lowest BCUT2D eigenvalue weighted by Gasteiger charge is -2.07. The standard InChI is InChI=1S/C16H17BrN2O2/c17-13-2-1-3-14(8-13)18-15(20)10-19-7-6-12(9-19)16(21)11-4-5-11/h1-3,6-9,11,16,21H,4-5,10H2,(H,18,20). The number of anilines is 1. The van der Waals surface area contributed by atoms with E-state index in [0.717, 1.165) is 28.6 Å². The van der Waals surface area contributed by atoms with Crippen molar-refractivity contribution in [3.05, 3.63) is 52.8 Å². The number of aromatic nitrogens is 1. The number of aliphatic hydroxyl groups excluding tert-OH is 1. The molecule has 4 nitrogen and oxygen atoms in total. The maximum atomic E-state index is 12.0. The van der Waals surface area contributed by atoms with Crippen LogP contribution in [0.4, 0.5) is 5.69 Å². The Hall–Kier alpha value is -1.59. The van der Waals surface area contributed by atoms with Gasteiger partial charge in [0.2, 0.25) is 5.91 Å².